The number of carbonyl (C=O) groups is 1. The molecule has 2 saturated heterocycles. The average Bonchev–Trinajstić information content (AvgIpc) is 3.19. The lowest BCUT2D eigenvalue weighted by atomic mass is 9.93. The van der Waals surface area contributed by atoms with Gasteiger partial charge in [-0.25, -0.2) is 4.98 Å². The summed E-state index contributed by atoms with van der Waals surface area (Å²) in [7, 11) is 0. The third-order valence-electron chi connectivity index (χ3n) is 5.13. The molecule has 6 heteroatoms. The summed E-state index contributed by atoms with van der Waals surface area (Å²) in [6, 6.07) is 0.140. The van der Waals surface area contributed by atoms with E-state index in [9.17, 15) is 4.79 Å². The van der Waals surface area contributed by atoms with Crippen molar-refractivity contribution in [2.45, 2.75) is 45.1 Å². The predicted molar refractivity (Wildman–Crippen MR) is 89.7 cm³/mol. The Morgan fingerprint density at radius 1 is 1.30 bits per heavy atom. The van der Waals surface area contributed by atoms with Crippen LogP contribution in [0.15, 0.2) is 11.6 Å². The molecule has 2 aromatic rings. The standard InChI is InChI=1S/C17H23N3O2S/c1-12-18-15(17-19(12)8-11-23-17)14-4-2-3-7-20(14)16(21)13-5-9-22-10-6-13/h8,11,13-14H,2-7,9-10H2,1H3. The van der Waals surface area contributed by atoms with Gasteiger partial charge < -0.3 is 9.64 Å². The Kier molecular flexibility index (Phi) is 4.11. The smallest absolute Gasteiger partial charge is 0.226 e. The molecule has 0 radical (unpaired) electrons. The SMILES string of the molecule is Cc1nc(C2CCCCN2C(=O)C2CCOCC2)c2sccn12. The van der Waals surface area contributed by atoms with Crippen LogP contribution in [-0.2, 0) is 9.53 Å². The second kappa shape index (κ2) is 6.24. The predicted octanol–water partition coefficient (Wildman–Crippen LogP) is 3.18. The molecule has 4 heterocycles. The number of imidazole rings is 1. The molecule has 1 unspecified atom stereocenters. The van der Waals surface area contributed by atoms with E-state index in [-0.39, 0.29) is 12.0 Å². The van der Waals surface area contributed by atoms with E-state index in [4.69, 9.17) is 9.72 Å². The fraction of sp³-hybridized carbons (Fsp3) is 0.647. The van der Waals surface area contributed by atoms with Crippen LogP contribution >= 0.6 is 11.3 Å². The molecule has 0 spiro atoms. The van der Waals surface area contributed by atoms with Crippen LogP contribution < -0.4 is 0 Å². The molecular weight excluding hydrogens is 310 g/mol. The zero-order valence-electron chi connectivity index (χ0n) is 13.5. The molecule has 0 saturated carbocycles. The van der Waals surface area contributed by atoms with Crippen LogP contribution in [-0.4, -0.2) is 40.0 Å². The summed E-state index contributed by atoms with van der Waals surface area (Å²) in [5, 5.41) is 2.10. The van der Waals surface area contributed by atoms with Gasteiger partial charge in [0, 0.05) is 37.3 Å². The highest BCUT2D eigenvalue weighted by Gasteiger charge is 2.35. The van der Waals surface area contributed by atoms with Gasteiger partial charge in [0.05, 0.1) is 11.7 Å². The maximum atomic E-state index is 13.1. The topological polar surface area (TPSA) is 46.8 Å². The molecule has 1 atom stereocenters. The van der Waals surface area contributed by atoms with E-state index in [1.807, 2.05) is 6.92 Å². The molecule has 0 aliphatic carbocycles. The molecule has 2 fully saturated rings. The Hall–Kier alpha value is -1.40. The van der Waals surface area contributed by atoms with Gasteiger partial charge in [-0.05, 0) is 39.0 Å². The van der Waals surface area contributed by atoms with Crippen molar-refractivity contribution >= 4 is 22.1 Å². The maximum absolute atomic E-state index is 13.1. The van der Waals surface area contributed by atoms with Gasteiger partial charge in [-0.2, -0.15) is 0 Å². The van der Waals surface area contributed by atoms with Crippen molar-refractivity contribution in [3.05, 3.63) is 23.1 Å². The van der Waals surface area contributed by atoms with Crippen LogP contribution in [0.1, 0.15) is 49.7 Å². The summed E-state index contributed by atoms with van der Waals surface area (Å²) in [6.45, 7) is 4.34. The highest BCUT2D eigenvalue weighted by atomic mass is 32.1. The molecule has 2 aliphatic rings. The number of ether oxygens (including phenoxy) is 1. The number of piperidine rings is 1. The number of nitrogens with zero attached hydrogens (tertiary/aromatic N) is 3. The summed E-state index contributed by atoms with van der Waals surface area (Å²) in [5.74, 6) is 1.46. The van der Waals surface area contributed by atoms with Gasteiger partial charge in [-0.3, -0.25) is 9.20 Å². The molecule has 5 nitrogen and oxygen atoms in total. The summed E-state index contributed by atoms with van der Waals surface area (Å²) in [4.78, 5) is 21.2. The van der Waals surface area contributed by atoms with Gasteiger partial charge in [0.1, 0.15) is 10.7 Å². The first kappa shape index (κ1) is 15.1. The molecule has 0 N–H and O–H groups in total. The van der Waals surface area contributed by atoms with Gasteiger partial charge in [-0.1, -0.05) is 0 Å². The van der Waals surface area contributed by atoms with Crippen molar-refractivity contribution in [2.24, 2.45) is 5.92 Å². The highest BCUT2D eigenvalue weighted by molar-refractivity contribution is 7.15. The minimum atomic E-state index is 0.131. The zero-order valence-corrected chi connectivity index (χ0v) is 14.3. The molecule has 2 aromatic heterocycles. The Labute approximate surface area is 140 Å². The molecule has 0 bridgehead atoms. The van der Waals surface area contributed by atoms with Crippen LogP contribution in [0.5, 0.6) is 0 Å². The van der Waals surface area contributed by atoms with Gasteiger partial charge >= 0.3 is 0 Å². The molecule has 2 aliphatic heterocycles. The number of aromatic nitrogens is 2. The average molecular weight is 333 g/mol. The molecule has 23 heavy (non-hydrogen) atoms. The lowest BCUT2D eigenvalue weighted by Gasteiger charge is -2.38. The van der Waals surface area contributed by atoms with E-state index in [1.54, 1.807) is 11.3 Å². The first-order chi connectivity index (χ1) is 11.3. The molecular formula is C17H23N3O2S. The second-order valence-corrected chi connectivity index (χ2v) is 7.45. The minimum Gasteiger partial charge on any atom is -0.381 e. The van der Waals surface area contributed by atoms with E-state index in [1.165, 1.54) is 11.3 Å². The molecule has 1 amide bonds. The number of aryl methyl sites for hydroxylation is 1. The van der Waals surface area contributed by atoms with Crippen molar-refractivity contribution in [1.82, 2.24) is 14.3 Å². The Morgan fingerprint density at radius 3 is 2.96 bits per heavy atom. The number of carbonyl (C=O) groups excluding carboxylic acids is 1. The first-order valence-corrected chi connectivity index (χ1v) is 9.44. The number of likely N-dealkylation sites (tertiary alicyclic amines) is 1. The Balaban J connectivity index is 1.65. The number of rotatable bonds is 2. The lowest BCUT2D eigenvalue weighted by Crippen LogP contribution is -2.43. The van der Waals surface area contributed by atoms with Crippen LogP contribution in [0, 0.1) is 12.8 Å². The van der Waals surface area contributed by atoms with Crippen LogP contribution in [0.25, 0.3) is 4.83 Å². The fourth-order valence-electron chi connectivity index (χ4n) is 3.87. The quantitative estimate of drug-likeness (QED) is 0.848. The van der Waals surface area contributed by atoms with Crippen molar-refractivity contribution in [3.8, 4) is 0 Å². The zero-order chi connectivity index (χ0) is 15.8. The number of amides is 1. The monoisotopic (exact) mass is 333 g/mol. The third kappa shape index (κ3) is 2.68. The normalized spacial score (nSPS) is 23.5. The van der Waals surface area contributed by atoms with Crippen molar-refractivity contribution < 1.29 is 9.53 Å². The van der Waals surface area contributed by atoms with Crippen molar-refractivity contribution in [3.63, 3.8) is 0 Å². The third-order valence-corrected chi connectivity index (χ3v) is 6.02. The highest BCUT2D eigenvalue weighted by Crippen LogP contribution is 2.36. The lowest BCUT2D eigenvalue weighted by molar-refractivity contribution is -0.142. The minimum absolute atomic E-state index is 0.131. The summed E-state index contributed by atoms with van der Waals surface area (Å²) >= 11 is 1.72. The second-order valence-electron chi connectivity index (χ2n) is 6.55. The van der Waals surface area contributed by atoms with Gasteiger partial charge in [0.2, 0.25) is 5.91 Å². The van der Waals surface area contributed by atoms with Gasteiger partial charge in [-0.15, -0.1) is 11.3 Å². The van der Waals surface area contributed by atoms with Gasteiger partial charge in [0.15, 0.2) is 0 Å². The van der Waals surface area contributed by atoms with E-state index < -0.39 is 0 Å². The molecule has 124 valence electrons. The van der Waals surface area contributed by atoms with E-state index in [0.29, 0.717) is 19.1 Å². The number of fused-ring (bicyclic) bond motifs is 1. The Morgan fingerprint density at radius 2 is 2.13 bits per heavy atom. The molecule has 0 aromatic carbocycles. The van der Waals surface area contributed by atoms with Crippen LogP contribution in [0.4, 0.5) is 0 Å². The number of hydrogen-bond acceptors (Lipinski definition) is 4. The van der Waals surface area contributed by atoms with E-state index in [0.717, 1.165) is 43.7 Å². The van der Waals surface area contributed by atoms with Gasteiger partial charge in [0.25, 0.3) is 0 Å². The fourth-order valence-corrected chi connectivity index (χ4v) is 4.79. The first-order valence-electron chi connectivity index (χ1n) is 8.56. The van der Waals surface area contributed by atoms with E-state index in [2.05, 4.69) is 20.9 Å². The largest absolute Gasteiger partial charge is 0.381 e. The number of hydrogen-bond donors (Lipinski definition) is 0. The maximum Gasteiger partial charge on any atom is 0.226 e. The summed E-state index contributed by atoms with van der Waals surface area (Å²) in [6.07, 6.45) is 7.09. The van der Waals surface area contributed by atoms with Crippen molar-refractivity contribution in [2.75, 3.05) is 19.8 Å². The molecule has 4 rings (SSSR count). The van der Waals surface area contributed by atoms with E-state index >= 15 is 0 Å². The Bertz CT molecular complexity index is 702. The van der Waals surface area contributed by atoms with Crippen LogP contribution in [0.3, 0.4) is 0 Å². The van der Waals surface area contributed by atoms with Crippen LogP contribution in [0.2, 0.25) is 0 Å². The summed E-state index contributed by atoms with van der Waals surface area (Å²) < 4.78 is 7.56. The van der Waals surface area contributed by atoms with Crippen molar-refractivity contribution in [1.29, 1.82) is 0 Å². The number of thiazole rings is 1. The summed E-state index contributed by atoms with van der Waals surface area (Å²) in [5.41, 5.74) is 1.10.